The summed E-state index contributed by atoms with van der Waals surface area (Å²) in [7, 11) is -11.4. The quantitative estimate of drug-likeness (QED) is 0.442. The Morgan fingerprint density at radius 1 is 0.682 bits per heavy atom. The van der Waals surface area contributed by atoms with Crippen LogP contribution in [0, 0.1) is 5.41 Å². The van der Waals surface area contributed by atoms with Crippen LogP contribution in [-0.2, 0) is 42.9 Å². The lowest BCUT2D eigenvalue weighted by Gasteiger charge is -2.31. The fourth-order valence-electron chi connectivity index (χ4n) is 1.57. The van der Waals surface area contributed by atoms with Crippen LogP contribution in [0.3, 0.4) is 0 Å². The topological polar surface area (TPSA) is 130 Å². The summed E-state index contributed by atoms with van der Waals surface area (Å²) >= 11 is 0. The zero-order chi connectivity index (χ0) is 17.7. The summed E-state index contributed by atoms with van der Waals surface area (Å²) < 4.78 is 81.0. The molecule has 0 bridgehead atoms. The van der Waals surface area contributed by atoms with Crippen molar-refractivity contribution in [1.29, 1.82) is 0 Å². The summed E-state index contributed by atoms with van der Waals surface area (Å²) in [5.41, 5.74) is -1.23. The molecule has 0 aromatic rings. The average molecular weight is 382 g/mol. The SMILES string of the molecule is CCCC(COS(C)(=O)=O)(COS(C)(=O)=O)COS(C)(=O)=O. The Kier molecular flexibility index (Phi) is 7.92. The third-order valence-corrected chi connectivity index (χ3v) is 4.16. The number of hydrogen-bond acceptors (Lipinski definition) is 9. The standard InChI is InChI=1S/C10H22O9S3/c1-5-6-10(7-17-20(2,11)12,8-18-21(3,13)14)9-19-22(4,15)16/h5-9H2,1-4H3. The molecule has 0 heterocycles. The molecule has 0 N–H and O–H groups in total. The van der Waals surface area contributed by atoms with Gasteiger partial charge in [-0.15, -0.1) is 0 Å². The smallest absolute Gasteiger partial charge is 0.264 e. The van der Waals surface area contributed by atoms with Crippen LogP contribution < -0.4 is 0 Å². The minimum atomic E-state index is -3.79. The molecule has 0 aliphatic carbocycles. The van der Waals surface area contributed by atoms with E-state index in [9.17, 15) is 25.3 Å². The molecule has 0 rings (SSSR count). The second-order valence-corrected chi connectivity index (χ2v) is 10.1. The van der Waals surface area contributed by atoms with Gasteiger partial charge in [-0.1, -0.05) is 13.3 Å². The van der Waals surface area contributed by atoms with Gasteiger partial charge in [0.25, 0.3) is 30.4 Å². The van der Waals surface area contributed by atoms with Gasteiger partial charge in [0, 0.05) is 5.41 Å². The molecule has 0 fully saturated rings. The van der Waals surface area contributed by atoms with Crippen LogP contribution in [0.4, 0.5) is 0 Å². The van der Waals surface area contributed by atoms with Gasteiger partial charge in [0.2, 0.25) is 0 Å². The van der Waals surface area contributed by atoms with Gasteiger partial charge >= 0.3 is 0 Å². The highest BCUT2D eigenvalue weighted by Crippen LogP contribution is 2.28. The van der Waals surface area contributed by atoms with E-state index in [0.29, 0.717) is 6.42 Å². The Hall–Kier alpha value is -0.270. The normalized spacial score (nSPS) is 14.2. The van der Waals surface area contributed by atoms with Gasteiger partial charge in [-0.3, -0.25) is 12.5 Å². The highest BCUT2D eigenvalue weighted by Gasteiger charge is 2.35. The van der Waals surface area contributed by atoms with E-state index in [1.165, 1.54) is 0 Å². The Balaban J connectivity index is 5.31. The first-order chi connectivity index (χ1) is 9.68. The van der Waals surface area contributed by atoms with Crippen molar-refractivity contribution in [2.45, 2.75) is 19.8 Å². The minimum absolute atomic E-state index is 0.244. The molecule has 134 valence electrons. The molecule has 0 aromatic carbocycles. The molecule has 9 nitrogen and oxygen atoms in total. The molecule has 0 saturated heterocycles. The van der Waals surface area contributed by atoms with Crippen LogP contribution in [-0.4, -0.2) is 63.8 Å². The van der Waals surface area contributed by atoms with Crippen molar-refractivity contribution >= 4 is 30.4 Å². The molecule has 12 heteroatoms. The van der Waals surface area contributed by atoms with Crippen molar-refractivity contribution in [2.75, 3.05) is 38.6 Å². The monoisotopic (exact) mass is 382 g/mol. The van der Waals surface area contributed by atoms with Crippen LogP contribution >= 0.6 is 0 Å². The molecule has 0 unspecified atom stereocenters. The summed E-state index contributed by atoms with van der Waals surface area (Å²) in [5, 5.41) is 0. The van der Waals surface area contributed by atoms with Gasteiger partial charge in [-0.05, 0) is 6.42 Å². The van der Waals surface area contributed by atoms with Crippen LogP contribution in [0.15, 0.2) is 0 Å². The van der Waals surface area contributed by atoms with Gasteiger partial charge in [-0.25, -0.2) is 0 Å². The third-order valence-electron chi connectivity index (χ3n) is 2.52. The molecule has 0 aliphatic heterocycles. The van der Waals surface area contributed by atoms with E-state index in [0.717, 1.165) is 18.8 Å². The second kappa shape index (κ2) is 8.02. The first-order valence-electron chi connectivity index (χ1n) is 6.21. The largest absolute Gasteiger partial charge is 0.270 e. The predicted octanol–water partition coefficient (Wildman–Crippen LogP) is -0.298. The maximum Gasteiger partial charge on any atom is 0.264 e. The molecule has 22 heavy (non-hydrogen) atoms. The number of rotatable bonds is 11. The second-order valence-electron chi connectivity index (χ2n) is 5.15. The van der Waals surface area contributed by atoms with Crippen molar-refractivity contribution < 1.29 is 37.8 Å². The first-order valence-corrected chi connectivity index (χ1v) is 11.7. The molecule has 0 amide bonds. The summed E-state index contributed by atoms with van der Waals surface area (Å²) in [6.45, 7) is 0.399. The Labute approximate surface area is 132 Å². The van der Waals surface area contributed by atoms with E-state index in [1.807, 2.05) is 0 Å². The first kappa shape index (κ1) is 21.7. The summed E-state index contributed by atoms with van der Waals surface area (Å²) in [4.78, 5) is 0. The van der Waals surface area contributed by atoms with Gasteiger partial charge in [0.15, 0.2) is 0 Å². The average Bonchev–Trinajstić information content (AvgIpc) is 2.28. The van der Waals surface area contributed by atoms with Crippen molar-refractivity contribution in [2.24, 2.45) is 5.41 Å². The predicted molar refractivity (Wildman–Crippen MR) is 79.7 cm³/mol. The van der Waals surface area contributed by atoms with Crippen LogP contribution in [0.1, 0.15) is 19.8 Å². The van der Waals surface area contributed by atoms with E-state index in [-0.39, 0.29) is 6.42 Å². The third kappa shape index (κ3) is 11.3. The Morgan fingerprint density at radius 3 is 1.14 bits per heavy atom. The van der Waals surface area contributed by atoms with Crippen molar-refractivity contribution in [3.05, 3.63) is 0 Å². The summed E-state index contributed by atoms with van der Waals surface area (Å²) in [6, 6.07) is 0. The lowest BCUT2D eigenvalue weighted by atomic mass is 9.86. The molecule has 0 aromatic heterocycles. The summed E-state index contributed by atoms with van der Waals surface area (Å²) in [5.74, 6) is 0. The van der Waals surface area contributed by atoms with Crippen molar-refractivity contribution in [3.63, 3.8) is 0 Å². The Morgan fingerprint density at radius 2 is 0.955 bits per heavy atom. The fourth-order valence-corrected chi connectivity index (χ4v) is 2.96. The van der Waals surface area contributed by atoms with Gasteiger partial charge < -0.3 is 0 Å². The van der Waals surface area contributed by atoms with Crippen LogP contribution in [0.2, 0.25) is 0 Å². The lowest BCUT2D eigenvalue weighted by Crippen LogP contribution is -2.39. The Bertz CT molecular complexity index is 557. The van der Waals surface area contributed by atoms with E-state index in [4.69, 9.17) is 12.5 Å². The zero-order valence-electron chi connectivity index (χ0n) is 12.9. The van der Waals surface area contributed by atoms with E-state index in [1.54, 1.807) is 6.92 Å². The molecular weight excluding hydrogens is 360 g/mol. The maximum atomic E-state index is 11.1. The van der Waals surface area contributed by atoms with Gasteiger partial charge in [0.05, 0.1) is 38.6 Å². The molecule has 0 aliphatic rings. The fraction of sp³-hybridized carbons (Fsp3) is 1.00. The van der Waals surface area contributed by atoms with E-state index < -0.39 is 55.6 Å². The van der Waals surface area contributed by atoms with Crippen LogP contribution in [0.5, 0.6) is 0 Å². The van der Waals surface area contributed by atoms with E-state index in [2.05, 4.69) is 0 Å². The lowest BCUT2D eigenvalue weighted by molar-refractivity contribution is 0.0328. The van der Waals surface area contributed by atoms with E-state index >= 15 is 0 Å². The van der Waals surface area contributed by atoms with Crippen LogP contribution in [0.25, 0.3) is 0 Å². The summed E-state index contributed by atoms with van der Waals surface area (Å²) in [6.07, 6.45) is 3.25. The molecule has 0 radical (unpaired) electrons. The van der Waals surface area contributed by atoms with Gasteiger partial charge in [0.1, 0.15) is 0 Å². The minimum Gasteiger partial charge on any atom is -0.270 e. The zero-order valence-corrected chi connectivity index (χ0v) is 15.4. The maximum absolute atomic E-state index is 11.1. The molecular formula is C10H22O9S3. The highest BCUT2D eigenvalue weighted by atomic mass is 32.2. The molecule has 0 spiro atoms. The van der Waals surface area contributed by atoms with Gasteiger partial charge in [-0.2, -0.15) is 25.3 Å². The van der Waals surface area contributed by atoms with Crippen molar-refractivity contribution in [1.82, 2.24) is 0 Å². The molecule has 0 saturated carbocycles. The van der Waals surface area contributed by atoms with Crippen molar-refractivity contribution in [3.8, 4) is 0 Å². The number of hydrogen-bond donors (Lipinski definition) is 0. The highest BCUT2D eigenvalue weighted by molar-refractivity contribution is 7.86. The molecule has 0 atom stereocenters.